The molecule has 1 aromatic carbocycles. The molecule has 0 spiro atoms. The number of hydrogen-bond donors (Lipinski definition) is 1. The molecule has 0 fully saturated rings. The van der Waals surface area contributed by atoms with E-state index in [1.165, 1.54) is 6.92 Å². The molecule has 86 valence electrons. The van der Waals surface area contributed by atoms with Gasteiger partial charge in [-0.1, -0.05) is 18.2 Å². The molecule has 0 aliphatic rings. The van der Waals surface area contributed by atoms with E-state index in [1.807, 2.05) is 24.3 Å². The zero-order valence-electron chi connectivity index (χ0n) is 9.30. The third-order valence-electron chi connectivity index (χ3n) is 2.48. The summed E-state index contributed by atoms with van der Waals surface area (Å²) in [5.41, 5.74) is 10.2. The highest BCUT2D eigenvalue weighted by molar-refractivity contribution is 6.32. The van der Waals surface area contributed by atoms with Gasteiger partial charge in [-0.3, -0.25) is 0 Å². The summed E-state index contributed by atoms with van der Waals surface area (Å²) in [5, 5.41) is 1.01. The van der Waals surface area contributed by atoms with Crippen molar-refractivity contribution in [1.29, 1.82) is 0 Å². The second kappa shape index (κ2) is 4.63. The van der Waals surface area contributed by atoms with E-state index in [-0.39, 0.29) is 12.3 Å². The maximum Gasteiger partial charge on any atom is 0.416 e. The monoisotopic (exact) mass is 229 g/mol. The van der Waals surface area contributed by atoms with Gasteiger partial charge in [-0.05, 0) is 6.07 Å². The van der Waals surface area contributed by atoms with Crippen LogP contribution in [0.3, 0.4) is 0 Å². The standard InChI is InChI=1S/C12H11N3O2/c1-8(15-13)12(16)17-7-9-6-14-11-5-3-2-4-10(9)11/h2-6,14H,7H2,1H3. The van der Waals surface area contributed by atoms with Gasteiger partial charge < -0.3 is 15.3 Å². The number of nitrogens with zero attached hydrogens (tertiary/aromatic N) is 2. The Morgan fingerprint density at radius 2 is 2.24 bits per heavy atom. The van der Waals surface area contributed by atoms with Gasteiger partial charge in [-0.2, -0.15) is 4.79 Å². The summed E-state index contributed by atoms with van der Waals surface area (Å²) in [6.45, 7) is 1.53. The number of hydrogen-bond acceptors (Lipinski definition) is 2. The van der Waals surface area contributed by atoms with Crippen LogP contribution < -0.4 is 0 Å². The lowest BCUT2D eigenvalue weighted by Crippen LogP contribution is -2.14. The van der Waals surface area contributed by atoms with Crippen LogP contribution >= 0.6 is 0 Å². The first-order chi connectivity index (χ1) is 8.22. The highest BCUT2D eigenvalue weighted by Crippen LogP contribution is 2.18. The smallest absolute Gasteiger partial charge is 0.416 e. The van der Waals surface area contributed by atoms with Crippen molar-refractivity contribution in [3.05, 3.63) is 41.6 Å². The third-order valence-corrected chi connectivity index (χ3v) is 2.48. The Bertz CT molecular complexity index is 609. The molecule has 0 amide bonds. The summed E-state index contributed by atoms with van der Waals surface area (Å²) in [6.07, 6.45) is 1.80. The first kappa shape index (κ1) is 11.1. The number of fused-ring (bicyclic) bond motifs is 1. The van der Waals surface area contributed by atoms with E-state index < -0.39 is 5.97 Å². The van der Waals surface area contributed by atoms with Crippen LogP contribution in [0.15, 0.2) is 30.5 Å². The van der Waals surface area contributed by atoms with Crippen molar-refractivity contribution in [2.45, 2.75) is 13.5 Å². The number of aromatic amines is 1. The van der Waals surface area contributed by atoms with Gasteiger partial charge >= 0.3 is 11.7 Å². The van der Waals surface area contributed by atoms with Gasteiger partial charge in [-0.15, -0.1) is 0 Å². The largest absolute Gasteiger partial charge is 0.452 e. The summed E-state index contributed by atoms with van der Waals surface area (Å²) >= 11 is 0. The first-order valence-corrected chi connectivity index (χ1v) is 5.13. The molecule has 1 heterocycles. The second-order valence-electron chi connectivity index (χ2n) is 3.62. The van der Waals surface area contributed by atoms with E-state index in [4.69, 9.17) is 10.3 Å². The number of carbonyl (C=O) groups excluding carboxylic acids is 1. The molecule has 5 heteroatoms. The molecule has 0 unspecified atom stereocenters. The molecule has 5 nitrogen and oxygen atoms in total. The van der Waals surface area contributed by atoms with E-state index in [9.17, 15) is 4.79 Å². The van der Waals surface area contributed by atoms with Crippen molar-refractivity contribution in [1.82, 2.24) is 4.98 Å². The number of aromatic nitrogens is 1. The number of benzene rings is 1. The van der Waals surface area contributed by atoms with E-state index in [0.717, 1.165) is 16.5 Å². The molecule has 0 aliphatic carbocycles. The minimum atomic E-state index is -0.627. The van der Waals surface area contributed by atoms with Crippen molar-refractivity contribution >= 4 is 22.6 Å². The molecule has 17 heavy (non-hydrogen) atoms. The van der Waals surface area contributed by atoms with E-state index in [0.29, 0.717) is 0 Å². The number of para-hydroxylation sites is 1. The number of H-pyrrole nitrogens is 1. The SMILES string of the molecule is CC(=[N+]=[N-])C(=O)OCc1c[nH]c2ccccc12. The molecular weight excluding hydrogens is 218 g/mol. The fourth-order valence-corrected chi connectivity index (χ4v) is 1.54. The Kier molecular flexibility index (Phi) is 3.03. The lowest BCUT2D eigenvalue weighted by Gasteiger charge is -1.99. The Morgan fingerprint density at radius 1 is 1.47 bits per heavy atom. The quantitative estimate of drug-likeness (QED) is 0.377. The van der Waals surface area contributed by atoms with Crippen LogP contribution in [0.5, 0.6) is 0 Å². The summed E-state index contributed by atoms with van der Waals surface area (Å²) in [4.78, 5) is 17.2. The van der Waals surface area contributed by atoms with E-state index in [2.05, 4.69) is 9.77 Å². The van der Waals surface area contributed by atoms with Crippen LogP contribution in [0.25, 0.3) is 16.4 Å². The summed E-state index contributed by atoms with van der Waals surface area (Å²) in [7, 11) is 0. The number of esters is 1. The molecule has 0 radical (unpaired) electrons. The topological polar surface area (TPSA) is 78.5 Å². The highest BCUT2D eigenvalue weighted by Gasteiger charge is 2.15. The third kappa shape index (κ3) is 2.24. The molecule has 0 saturated heterocycles. The fourth-order valence-electron chi connectivity index (χ4n) is 1.54. The minimum absolute atomic E-state index is 0.0650. The van der Waals surface area contributed by atoms with Gasteiger partial charge in [0.05, 0.1) is 0 Å². The van der Waals surface area contributed by atoms with Gasteiger partial charge in [-0.25, -0.2) is 4.79 Å². The molecule has 2 aromatic rings. The number of rotatable bonds is 3. The molecular formula is C12H11N3O2. The molecule has 0 aliphatic heterocycles. The zero-order chi connectivity index (χ0) is 12.3. The number of carbonyl (C=O) groups is 1. The lowest BCUT2D eigenvalue weighted by molar-refractivity contribution is -0.141. The van der Waals surface area contributed by atoms with Crippen LogP contribution in [0.1, 0.15) is 12.5 Å². The normalized spacial score (nSPS) is 9.94. The fraction of sp³-hybridized carbons (Fsp3) is 0.167. The Hall–Kier alpha value is -2.39. The Labute approximate surface area is 97.6 Å². The van der Waals surface area contributed by atoms with Gasteiger partial charge in [0, 0.05) is 29.6 Å². The van der Waals surface area contributed by atoms with Gasteiger partial charge in [0.25, 0.3) is 0 Å². The minimum Gasteiger partial charge on any atom is -0.452 e. The number of ether oxygens (including phenoxy) is 1. The van der Waals surface area contributed by atoms with Crippen molar-refractivity contribution in [3.63, 3.8) is 0 Å². The Balaban J connectivity index is 2.15. The predicted molar refractivity (Wildman–Crippen MR) is 62.4 cm³/mol. The molecule has 0 atom stereocenters. The average molecular weight is 229 g/mol. The van der Waals surface area contributed by atoms with Gasteiger partial charge in [0.15, 0.2) is 0 Å². The van der Waals surface area contributed by atoms with Crippen molar-refractivity contribution in [3.8, 4) is 0 Å². The number of nitrogens with one attached hydrogen (secondary N) is 1. The van der Waals surface area contributed by atoms with Crippen LogP contribution in [0, 0.1) is 0 Å². The summed E-state index contributed by atoms with van der Waals surface area (Å²) in [5.74, 6) is -0.627. The molecule has 0 saturated carbocycles. The van der Waals surface area contributed by atoms with Crippen LogP contribution in [-0.4, -0.2) is 21.5 Å². The van der Waals surface area contributed by atoms with Gasteiger partial charge in [0.2, 0.25) is 0 Å². The van der Waals surface area contributed by atoms with Crippen molar-refractivity contribution in [2.75, 3.05) is 0 Å². The van der Waals surface area contributed by atoms with Crippen LogP contribution in [0.2, 0.25) is 0 Å². The maximum absolute atomic E-state index is 11.3. The van der Waals surface area contributed by atoms with Gasteiger partial charge in [0.1, 0.15) is 6.61 Å². The maximum atomic E-state index is 11.3. The zero-order valence-corrected chi connectivity index (χ0v) is 9.30. The van der Waals surface area contributed by atoms with Crippen LogP contribution in [0.4, 0.5) is 0 Å². The lowest BCUT2D eigenvalue weighted by atomic mass is 10.2. The Morgan fingerprint density at radius 3 is 3.00 bits per heavy atom. The van der Waals surface area contributed by atoms with Crippen LogP contribution in [-0.2, 0) is 16.1 Å². The molecule has 2 rings (SSSR count). The first-order valence-electron chi connectivity index (χ1n) is 5.13. The van der Waals surface area contributed by atoms with E-state index in [1.54, 1.807) is 6.20 Å². The molecule has 1 aromatic heterocycles. The second-order valence-corrected chi connectivity index (χ2v) is 3.62. The van der Waals surface area contributed by atoms with Crippen molar-refractivity contribution in [2.24, 2.45) is 0 Å². The summed E-state index contributed by atoms with van der Waals surface area (Å²) < 4.78 is 5.00. The summed E-state index contributed by atoms with van der Waals surface area (Å²) in [6, 6.07) is 7.74. The van der Waals surface area contributed by atoms with Crippen molar-refractivity contribution < 1.29 is 14.3 Å². The highest BCUT2D eigenvalue weighted by atomic mass is 16.5. The molecule has 1 N–H and O–H groups in total. The predicted octanol–water partition coefficient (Wildman–Crippen LogP) is 1.90. The molecule has 0 bridgehead atoms. The average Bonchev–Trinajstić information content (AvgIpc) is 2.78. The van der Waals surface area contributed by atoms with E-state index >= 15 is 0 Å².